The van der Waals surface area contributed by atoms with Crippen LogP contribution in [0.15, 0.2) is 42.5 Å². The van der Waals surface area contributed by atoms with Crippen molar-refractivity contribution in [2.75, 3.05) is 7.11 Å². The van der Waals surface area contributed by atoms with Gasteiger partial charge in [0.25, 0.3) is 5.69 Å². The molecule has 0 aliphatic carbocycles. The number of hydrogen-bond acceptors (Lipinski definition) is 5. The molecule has 0 saturated carbocycles. The number of nitro benzene ring substituents is 2. The summed E-state index contributed by atoms with van der Waals surface area (Å²) >= 11 is 0. The van der Waals surface area contributed by atoms with Gasteiger partial charge in [0.1, 0.15) is 0 Å². The lowest BCUT2D eigenvalue weighted by Crippen LogP contribution is -1.94. The summed E-state index contributed by atoms with van der Waals surface area (Å²) in [6.07, 6.45) is 0. The summed E-state index contributed by atoms with van der Waals surface area (Å²) in [6.45, 7) is 0. The first-order valence-corrected chi connectivity index (χ1v) is 5.60. The van der Waals surface area contributed by atoms with E-state index in [0.717, 1.165) is 0 Å². The summed E-state index contributed by atoms with van der Waals surface area (Å²) < 4.78 is 4.92. The zero-order valence-corrected chi connectivity index (χ0v) is 10.5. The Morgan fingerprint density at radius 2 is 1.50 bits per heavy atom. The molecular weight excluding hydrogens is 264 g/mol. The number of hydrogen-bond donors (Lipinski definition) is 0. The third kappa shape index (κ3) is 2.56. The van der Waals surface area contributed by atoms with Crippen molar-refractivity contribution in [1.82, 2.24) is 0 Å². The molecule has 0 aliphatic heterocycles. The lowest BCUT2D eigenvalue weighted by molar-refractivity contribution is -0.385. The molecule has 0 saturated heterocycles. The Bertz CT molecular complexity index is 667. The number of nitro groups is 2. The molecule has 0 radical (unpaired) electrons. The summed E-state index contributed by atoms with van der Waals surface area (Å²) in [5.74, 6) is 0.167. The molecule has 0 N–H and O–H groups in total. The Labute approximate surface area is 113 Å². The smallest absolute Gasteiger partial charge is 0.311 e. The van der Waals surface area contributed by atoms with Crippen LogP contribution in [0.2, 0.25) is 0 Å². The van der Waals surface area contributed by atoms with Gasteiger partial charge < -0.3 is 4.74 Å². The quantitative estimate of drug-likeness (QED) is 0.630. The second-order valence-corrected chi connectivity index (χ2v) is 3.95. The minimum Gasteiger partial charge on any atom is -0.490 e. The van der Waals surface area contributed by atoms with Crippen LogP contribution >= 0.6 is 0 Å². The Morgan fingerprint density at radius 1 is 0.900 bits per heavy atom. The third-order valence-electron chi connectivity index (χ3n) is 2.79. The molecule has 2 aromatic carbocycles. The summed E-state index contributed by atoms with van der Waals surface area (Å²) in [5, 5.41) is 21.5. The van der Waals surface area contributed by atoms with Gasteiger partial charge in [-0.25, -0.2) is 0 Å². The van der Waals surface area contributed by atoms with Crippen LogP contribution in [0.3, 0.4) is 0 Å². The fraction of sp³-hybridized carbons (Fsp3) is 0.0769. The highest BCUT2D eigenvalue weighted by Gasteiger charge is 2.16. The monoisotopic (exact) mass is 274 g/mol. The Kier molecular flexibility index (Phi) is 3.60. The van der Waals surface area contributed by atoms with Crippen LogP contribution in [0, 0.1) is 20.2 Å². The van der Waals surface area contributed by atoms with Crippen molar-refractivity contribution in [2.24, 2.45) is 0 Å². The number of nitrogens with zero attached hydrogens (tertiary/aromatic N) is 2. The Balaban J connectivity index is 2.45. The molecule has 2 rings (SSSR count). The van der Waals surface area contributed by atoms with E-state index < -0.39 is 9.85 Å². The van der Waals surface area contributed by atoms with E-state index in [-0.39, 0.29) is 17.1 Å². The molecule has 0 atom stereocenters. The van der Waals surface area contributed by atoms with Crippen LogP contribution in [0.25, 0.3) is 11.1 Å². The predicted octanol–water partition coefficient (Wildman–Crippen LogP) is 3.18. The van der Waals surface area contributed by atoms with Gasteiger partial charge in [-0.15, -0.1) is 0 Å². The second kappa shape index (κ2) is 5.35. The van der Waals surface area contributed by atoms with E-state index >= 15 is 0 Å². The first kappa shape index (κ1) is 13.5. The average molecular weight is 274 g/mol. The molecule has 2 aromatic rings. The normalized spacial score (nSPS) is 10.1. The molecule has 0 bridgehead atoms. The second-order valence-electron chi connectivity index (χ2n) is 3.95. The molecule has 0 aliphatic rings. The first-order valence-electron chi connectivity index (χ1n) is 5.60. The Morgan fingerprint density at radius 3 is 2.00 bits per heavy atom. The predicted molar refractivity (Wildman–Crippen MR) is 71.7 cm³/mol. The standard InChI is InChI=1S/C13H10N2O5/c1-20-13-7-4-10(8-12(13)15(18)19)9-2-5-11(6-3-9)14(16)17/h2-8H,1H3. The summed E-state index contributed by atoms with van der Waals surface area (Å²) in [7, 11) is 1.36. The molecular formula is C13H10N2O5. The van der Waals surface area contributed by atoms with Crippen molar-refractivity contribution in [3.63, 3.8) is 0 Å². The summed E-state index contributed by atoms with van der Waals surface area (Å²) in [4.78, 5) is 20.5. The molecule has 20 heavy (non-hydrogen) atoms. The fourth-order valence-corrected chi connectivity index (χ4v) is 1.79. The molecule has 0 aromatic heterocycles. The van der Waals surface area contributed by atoms with Crippen LogP contribution in [-0.4, -0.2) is 17.0 Å². The molecule has 0 spiro atoms. The molecule has 7 nitrogen and oxygen atoms in total. The van der Waals surface area contributed by atoms with Crippen molar-refractivity contribution >= 4 is 11.4 Å². The van der Waals surface area contributed by atoms with Crippen LogP contribution in [-0.2, 0) is 0 Å². The number of non-ortho nitro benzene ring substituents is 1. The van der Waals surface area contributed by atoms with Crippen molar-refractivity contribution in [1.29, 1.82) is 0 Å². The van der Waals surface area contributed by atoms with Gasteiger partial charge in [0.05, 0.1) is 17.0 Å². The van der Waals surface area contributed by atoms with E-state index in [9.17, 15) is 20.2 Å². The number of ether oxygens (including phenoxy) is 1. The van der Waals surface area contributed by atoms with E-state index in [1.807, 2.05) is 0 Å². The topological polar surface area (TPSA) is 95.5 Å². The van der Waals surface area contributed by atoms with E-state index in [4.69, 9.17) is 4.74 Å². The zero-order valence-electron chi connectivity index (χ0n) is 10.5. The summed E-state index contributed by atoms with van der Waals surface area (Å²) in [6, 6.07) is 10.3. The maximum atomic E-state index is 10.9. The third-order valence-corrected chi connectivity index (χ3v) is 2.79. The lowest BCUT2D eigenvalue weighted by Gasteiger charge is -2.05. The van der Waals surface area contributed by atoms with Gasteiger partial charge in [-0.05, 0) is 29.3 Å². The van der Waals surface area contributed by atoms with Crippen molar-refractivity contribution < 1.29 is 14.6 Å². The fourth-order valence-electron chi connectivity index (χ4n) is 1.79. The molecule has 0 fully saturated rings. The van der Waals surface area contributed by atoms with Crippen LogP contribution in [0.4, 0.5) is 11.4 Å². The van der Waals surface area contributed by atoms with Crippen LogP contribution < -0.4 is 4.74 Å². The zero-order chi connectivity index (χ0) is 14.7. The van der Waals surface area contributed by atoms with Gasteiger partial charge in [-0.2, -0.15) is 0 Å². The first-order chi connectivity index (χ1) is 9.52. The minimum absolute atomic E-state index is 0.0308. The van der Waals surface area contributed by atoms with Gasteiger partial charge in [0.15, 0.2) is 5.75 Å². The van der Waals surface area contributed by atoms with Crippen LogP contribution in [0.5, 0.6) is 5.75 Å². The van der Waals surface area contributed by atoms with Gasteiger partial charge >= 0.3 is 5.69 Å². The highest BCUT2D eigenvalue weighted by atomic mass is 16.6. The summed E-state index contributed by atoms with van der Waals surface area (Å²) in [5.41, 5.74) is 1.06. The van der Waals surface area contributed by atoms with Crippen molar-refractivity contribution in [2.45, 2.75) is 0 Å². The molecule has 102 valence electrons. The highest BCUT2D eigenvalue weighted by molar-refractivity contribution is 5.69. The molecule has 0 unspecified atom stereocenters. The molecule has 0 amide bonds. The minimum atomic E-state index is -0.534. The van der Waals surface area contributed by atoms with Crippen molar-refractivity contribution in [3.05, 3.63) is 62.7 Å². The van der Waals surface area contributed by atoms with E-state index in [1.165, 1.54) is 31.4 Å². The van der Waals surface area contributed by atoms with Gasteiger partial charge in [-0.1, -0.05) is 6.07 Å². The number of rotatable bonds is 4. The van der Waals surface area contributed by atoms with Crippen LogP contribution in [0.1, 0.15) is 0 Å². The number of methoxy groups -OCH3 is 1. The Hall–Kier alpha value is -2.96. The van der Waals surface area contributed by atoms with Gasteiger partial charge in [0, 0.05) is 18.2 Å². The van der Waals surface area contributed by atoms with E-state index in [0.29, 0.717) is 11.1 Å². The SMILES string of the molecule is COc1ccc(-c2ccc([N+](=O)[O-])cc2)cc1[N+](=O)[O-]. The van der Waals surface area contributed by atoms with Gasteiger partial charge in [0.2, 0.25) is 0 Å². The van der Waals surface area contributed by atoms with E-state index in [1.54, 1.807) is 18.2 Å². The maximum Gasteiger partial charge on any atom is 0.311 e. The van der Waals surface area contributed by atoms with E-state index in [2.05, 4.69) is 0 Å². The molecule has 7 heteroatoms. The van der Waals surface area contributed by atoms with Gasteiger partial charge in [-0.3, -0.25) is 20.2 Å². The molecule has 0 heterocycles. The van der Waals surface area contributed by atoms with Crippen molar-refractivity contribution in [3.8, 4) is 16.9 Å². The lowest BCUT2D eigenvalue weighted by atomic mass is 10.0. The number of benzene rings is 2. The maximum absolute atomic E-state index is 10.9. The average Bonchev–Trinajstić information content (AvgIpc) is 2.46. The highest BCUT2D eigenvalue weighted by Crippen LogP contribution is 2.32. The largest absolute Gasteiger partial charge is 0.490 e.